The van der Waals surface area contributed by atoms with E-state index in [0.29, 0.717) is 18.7 Å². The van der Waals surface area contributed by atoms with Gasteiger partial charge >= 0.3 is 0 Å². The fourth-order valence-corrected chi connectivity index (χ4v) is 2.30. The molecular formula is C15H18N4O4S. The maximum Gasteiger partial charge on any atom is 0.277 e. The summed E-state index contributed by atoms with van der Waals surface area (Å²) in [5.74, 6) is 0.0816. The highest BCUT2D eigenvalue weighted by Gasteiger charge is 2.11. The summed E-state index contributed by atoms with van der Waals surface area (Å²) in [5, 5.41) is 13.3. The van der Waals surface area contributed by atoms with Gasteiger partial charge in [-0.2, -0.15) is 0 Å². The van der Waals surface area contributed by atoms with Crippen molar-refractivity contribution in [2.45, 2.75) is 11.8 Å². The molecule has 0 radical (unpaired) electrons. The number of aromatic nitrogens is 2. The van der Waals surface area contributed by atoms with Crippen LogP contribution in [0.5, 0.6) is 0 Å². The van der Waals surface area contributed by atoms with Crippen LogP contribution in [0, 0.1) is 0 Å². The van der Waals surface area contributed by atoms with Gasteiger partial charge in [-0.05, 0) is 12.1 Å². The number of amides is 2. The second-order valence-electron chi connectivity index (χ2n) is 4.64. The maximum atomic E-state index is 11.9. The Kier molecular flexibility index (Phi) is 7.24. The second-order valence-corrected chi connectivity index (χ2v) is 5.57. The average Bonchev–Trinajstić information content (AvgIpc) is 3.07. The molecule has 24 heavy (non-hydrogen) atoms. The molecule has 8 nitrogen and oxygen atoms in total. The van der Waals surface area contributed by atoms with E-state index in [1.807, 2.05) is 6.07 Å². The SMILES string of the molecule is COCCNC(=O)CSc1nnc(CNC(=O)c2ccccc2)o1. The first-order valence-corrected chi connectivity index (χ1v) is 8.21. The topological polar surface area (TPSA) is 106 Å². The number of carbonyl (C=O) groups is 2. The number of carbonyl (C=O) groups excluding carboxylic acids is 2. The number of rotatable bonds is 9. The fourth-order valence-electron chi connectivity index (χ4n) is 1.69. The molecule has 0 saturated carbocycles. The summed E-state index contributed by atoms with van der Waals surface area (Å²) in [7, 11) is 1.57. The predicted molar refractivity (Wildman–Crippen MR) is 87.5 cm³/mol. The number of methoxy groups -OCH3 is 1. The largest absolute Gasteiger partial charge is 0.414 e. The Bertz CT molecular complexity index is 663. The van der Waals surface area contributed by atoms with Gasteiger partial charge in [0, 0.05) is 19.2 Å². The van der Waals surface area contributed by atoms with Crippen molar-refractivity contribution in [1.29, 1.82) is 0 Å². The predicted octanol–water partition coefficient (Wildman–Crippen LogP) is 0.854. The molecule has 2 aromatic rings. The van der Waals surface area contributed by atoms with Crippen LogP contribution in [0.15, 0.2) is 40.0 Å². The van der Waals surface area contributed by atoms with Crippen molar-refractivity contribution in [2.75, 3.05) is 26.0 Å². The Morgan fingerprint density at radius 3 is 2.75 bits per heavy atom. The van der Waals surface area contributed by atoms with E-state index in [1.165, 1.54) is 0 Å². The number of benzene rings is 1. The Balaban J connectivity index is 1.73. The second kappa shape index (κ2) is 9.68. The van der Waals surface area contributed by atoms with E-state index in [4.69, 9.17) is 9.15 Å². The zero-order valence-electron chi connectivity index (χ0n) is 13.2. The van der Waals surface area contributed by atoms with Gasteiger partial charge in [-0.25, -0.2) is 0 Å². The van der Waals surface area contributed by atoms with Gasteiger partial charge in [0.2, 0.25) is 11.8 Å². The zero-order chi connectivity index (χ0) is 17.2. The van der Waals surface area contributed by atoms with Gasteiger partial charge in [-0.3, -0.25) is 9.59 Å². The molecule has 0 unspecified atom stereocenters. The molecule has 0 atom stereocenters. The molecule has 2 amide bonds. The third-order valence-electron chi connectivity index (χ3n) is 2.84. The van der Waals surface area contributed by atoms with Gasteiger partial charge in [-0.15, -0.1) is 10.2 Å². The van der Waals surface area contributed by atoms with Gasteiger partial charge < -0.3 is 19.8 Å². The lowest BCUT2D eigenvalue weighted by molar-refractivity contribution is -0.118. The molecule has 1 aromatic carbocycles. The summed E-state index contributed by atoms with van der Waals surface area (Å²) >= 11 is 1.13. The Morgan fingerprint density at radius 1 is 1.21 bits per heavy atom. The van der Waals surface area contributed by atoms with Crippen LogP contribution >= 0.6 is 11.8 Å². The van der Waals surface area contributed by atoms with Crippen LogP contribution in [-0.2, 0) is 16.1 Å². The minimum Gasteiger partial charge on any atom is -0.414 e. The molecule has 0 bridgehead atoms. The molecular weight excluding hydrogens is 332 g/mol. The monoisotopic (exact) mass is 350 g/mol. The first-order chi connectivity index (χ1) is 11.7. The number of hydrogen-bond acceptors (Lipinski definition) is 7. The summed E-state index contributed by atoms with van der Waals surface area (Å²) in [6, 6.07) is 8.84. The van der Waals surface area contributed by atoms with Crippen molar-refractivity contribution in [1.82, 2.24) is 20.8 Å². The molecule has 0 aliphatic heterocycles. The highest BCUT2D eigenvalue weighted by molar-refractivity contribution is 7.99. The molecule has 0 aliphatic rings. The number of nitrogens with one attached hydrogen (secondary N) is 2. The van der Waals surface area contributed by atoms with E-state index in [2.05, 4.69) is 20.8 Å². The molecule has 2 rings (SSSR count). The van der Waals surface area contributed by atoms with Crippen LogP contribution in [0.4, 0.5) is 0 Å². The van der Waals surface area contributed by atoms with E-state index in [-0.39, 0.29) is 35.2 Å². The molecule has 2 N–H and O–H groups in total. The van der Waals surface area contributed by atoms with Gasteiger partial charge in [0.05, 0.1) is 18.9 Å². The smallest absolute Gasteiger partial charge is 0.277 e. The summed E-state index contributed by atoms with van der Waals surface area (Å²) in [5.41, 5.74) is 0.555. The standard InChI is InChI=1S/C15H18N4O4S/c1-22-8-7-16-12(20)10-24-15-19-18-13(23-15)9-17-14(21)11-5-3-2-4-6-11/h2-6H,7-10H2,1H3,(H,16,20)(H,17,21). The van der Waals surface area contributed by atoms with Crippen molar-refractivity contribution in [3.05, 3.63) is 41.8 Å². The highest BCUT2D eigenvalue weighted by atomic mass is 32.2. The van der Waals surface area contributed by atoms with Gasteiger partial charge in [0.1, 0.15) is 0 Å². The summed E-state index contributed by atoms with van der Waals surface area (Å²) < 4.78 is 10.2. The number of ether oxygens (including phenoxy) is 1. The van der Waals surface area contributed by atoms with Crippen molar-refractivity contribution in [2.24, 2.45) is 0 Å². The van der Waals surface area contributed by atoms with Crippen molar-refractivity contribution in [3.8, 4) is 0 Å². The Hall–Kier alpha value is -2.39. The average molecular weight is 350 g/mol. The highest BCUT2D eigenvalue weighted by Crippen LogP contribution is 2.15. The summed E-state index contributed by atoms with van der Waals surface area (Å²) in [6.45, 7) is 1.04. The van der Waals surface area contributed by atoms with Crippen molar-refractivity contribution in [3.63, 3.8) is 0 Å². The summed E-state index contributed by atoms with van der Waals surface area (Å²) in [6.07, 6.45) is 0. The van der Waals surface area contributed by atoms with Crippen LogP contribution in [0.1, 0.15) is 16.2 Å². The summed E-state index contributed by atoms with van der Waals surface area (Å²) in [4.78, 5) is 23.4. The van der Waals surface area contributed by atoms with Crippen LogP contribution < -0.4 is 10.6 Å². The van der Waals surface area contributed by atoms with E-state index < -0.39 is 0 Å². The molecule has 1 heterocycles. The van der Waals surface area contributed by atoms with Gasteiger partial charge in [0.15, 0.2) is 0 Å². The van der Waals surface area contributed by atoms with Crippen molar-refractivity contribution < 1.29 is 18.7 Å². The van der Waals surface area contributed by atoms with E-state index >= 15 is 0 Å². The normalized spacial score (nSPS) is 10.4. The van der Waals surface area contributed by atoms with E-state index in [1.54, 1.807) is 31.4 Å². The molecule has 0 saturated heterocycles. The van der Waals surface area contributed by atoms with Crippen LogP contribution in [0.2, 0.25) is 0 Å². The van der Waals surface area contributed by atoms with Gasteiger partial charge in [-0.1, -0.05) is 30.0 Å². The lowest BCUT2D eigenvalue weighted by atomic mass is 10.2. The van der Waals surface area contributed by atoms with E-state index in [0.717, 1.165) is 11.8 Å². The lowest BCUT2D eigenvalue weighted by Crippen LogP contribution is -2.28. The minimum absolute atomic E-state index is 0.126. The Morgan fingerprint density at radius 2 is 2.00 bits per heavy atom. The minimum atomic E-state index is -0.222. The fraction of sp³-hybridized carbons (Fsp3) is 0.333. The Labute approximate surface area is 143 Å². The molecule has 1 aromatic heterocycles. The maximum absolute atomic E-state index is 11.9. The number of nitrogens with zero attached hydrogens (tertiary/aromatic N) is 2. The lowest BCUT2D eigenvalue weighted by Gasteiger charge is -2.02. The van der Waals surface area contributed by atoms with Crippen LogP contribution in [0.25, 0.3) is 0 Å². The number of thioether (sulfide) groups is 1. The first kappa shape index (κ1) is 18.0. The quantitative estimate of drug-likeness (QED) is 0.510. The van der Waals surface area contributed by atoms with E-state index in [9.17, 15) is 9.59 Å². The third-order valence-corrected chi connectivity index (χ3v) is 3.66. The van der Waals surface area contributed by atoms with Gasteiger partial charge in [0.25, 0.3) is 11.1 Å². The van der Waals surface area contributed by atoms with Crippen LogP contribution in [-0.4, -0.2) is 48.0 Å². The number of hydrogen-bond donors (Lipinski definition) is 2. The van der Waals surface area contributed by atoms with Crippen LogP contribution in [0.3, 0.4) is 0 Å². The zero-order valence-corrected chi connectivity index (χ0v) is 14.0. The molecule has 0 aliphatic carbocycles. The third kappa shape index (κ3) is 6.01. The molecule has 0 spiro atoms. The van der Waals surface area contributed by atoms with Crippen molar-refractivity contribution >= 4 is 23.6 Å². The molecule has 128 valence electrons. The molecule has 0 fully saturated rings. The first-order valence-electron chi connectivity index (χ1n) is 7.23. The molecule has 9 heteroatoms.